The molecule has 11 heteroatoms. The number of hydrogen-bond donors (Lipinski definition) is 2. The van der Waals surface area contributed by atoms with Crippen molar-refractivity contribution < 1.29 is 18.3 Å². The van der Waals surface area contributed by atoms with Gasteiger partial charge in [-0.25, -0.2) is 23.2 Å². The molecule has 0 radical (unpaired) electrons. The normalized spacial score (nSPS) is 16.0. The number of anilines is 2. The van der Waals surface area contributed by atoms with Gasteiger partial charge in [-0.2, -0.15) is 0 Å². The summed E-state index contributed by atoms with van der Waals surface area (Å²) >= 11 is 0.910. The van der Waals surface area contributed by atoms with Crippen LogP contribution in [0.5, 0.6) is 0 Å². The Morgan fingerprint density at radius 3 is 2.56 bits per heavy atom. The maximum atomic E-state index is 12.4. The Labute approximate surface area is 149 Å². The smallest absolute Gasteiger partial charge is 0.357 e. The molecule has 0 amide bonds. The highest BCUT2D eigenvalue weighted by molar-refractivity contribution is 7.93. The van der Waals surface area contributed by atoms with Gasteiger partial charge in [0.15, 0.2) is 5.69 Å². The van der Waals surface area contributed by atoms with Crippen molar-refractivity contribution in [2.75, 3.05) is 42.8 Å². The van der Waals surface area contributed by atoms with Crippen LogP contribution in [0.3, 0.4) is 0 Å². The van der Waals surface area contributed by atoms with Gasteiger partial charge >= 0.3 is 5.97 Å². The molecule has 0 aromatic carbocycles. The second-order valence-corrected chi connectivity index (χ2v) is 8.12. The lowest BCUT2D eigenvalue weighted by Gasteiger charge is -2.33. The van der Waals surface area contributed by atoms with Crippen molar-refractivity contribution in [3.8, 4) is 0 Å². The van der Waals surface area contributed by atoms with E-state index in [4.69, 9.17) is 5.11 Å². The molecule has 9 nitrogen and oxygen atoms in total. The molecule has 0 saturated carbocycles. The summed E-state index contributed by atoms with van der Waals surface area (Å²) in [5, 5.41) is 8.98. The number of sulfonamides is 1. The third-order valence-corrected chi connectivity index (χ3v) is 6.06. The van der Waals surface area contributed by atoms with Gasteiger partial charge in [-0.3, -0.25) is 4.72 Å². The van der Waals surface area contributed by atoms with Gasteiger partial charge in [0.2, 0.25) is 0 Å². The van der Waals surface area contributed by atoms with E-state index >= 15 is 0 Å². The summed E-state index contributed by atoms with van der Waals surface area (Å²) in [6, 6.07) is 3.12. The maximum Gasteiger partial charge on any atom is 0.357 e. The Kier molecular flexibility index (Phi) is 4.88. The molecule has 25 heavy (non-hydrogen) atoms. The summed E-state index contributed by atoms with van der Waals surface area (Å²) in [5.74, 6) is -0.571. The molecule has 1 aliphatic heterocycles. The molecule has 0 unspecified atom stereocenters. The zero-order valence-corrected chi connectivity index (χ0v) is 15.0. The SMILES string of the molecule is CN1CCN(c2ccc(S(=O)(=O)Nc3scnc3C(=O)O)cn2)CC1. The summed E-state index contributed by atoms with van der Waals surface area (Å²) in [6.45, 7) is 3.51. The number of aromatic nitrogens is 2. The zero-order chi connectivity index (χ0) is 18.0. The van der Waals surface area contributed by atoms with Gasteiger partial charge in [0.25, 0.3) is 10.0 Å². The minimum absolute atomic E-state index is 0.0318. The van der Waals surface area contributed by atoms with Gasteiger partial charge in [0, 0.05) is 32.4 Å². The lowest BCUT2D eigenvalue weighted by Crippen LogP contribution is -2.44. The van der Waals surface area contributed by atoms with Crippen LogP contribution in [-0.2, 0) is 10.0 Å². The number of nitrogens with one attached hydrogen (secondary N) is 1. The molecule has 2 aromatic heterocycles. The van der Waals surface area contributed by atoms with Gasteiger partial charge in [0.1, 0.15) is 15.7 Å². The lowest BCUT2D eigenvalue weighted by molar-refractivity contribution is 0.0692. The van der Waals surface area contributed by atoms with E-state index < -0.39 is 16.0 Å². The Bertz CT molecular complexity index is 858. The molecule has 0 bridgehead atoms. The first kappa shape index (κ1) is 17.6. The average Bonchev–Trinajstić information content (AvgIpc) is 3.03. The van der Waals surface area contributed by atoms with Crippen molar-refractivity contribution in [1.82, 2.24) is 14.9 Å². The van der Waals surface area contributed by atoms with E-state index in [-0.39, 0.29) is 15.6 Å². The second kappa shape index (κ2) is 6.94. The number of hydrogen-bond acceptors (Lipinski definition) is 8. The summed E-state index contributed by atoms with van der Waals surface area (Å²) in [4.78, 5) is 23.2. The minimum atomic E-state index is -3.93. The number of carboxylic acids is 1. The molecular formula is C14H17N5O4S2. The Morgan fingerprint density at radius 1 is 1.24 bits per heavy atom. The molecule has 2 N–H and O–H groups in total. The first-order valence-corrected chi connectivity index (χ1v) is 9.82. The van der Waals surface area contributed by atoms with Gasteiger partial charge in [-0.05, 0) is 19.2 Å². The van der Waals surface area contributed by atoms with Crippen molar-refractivity contribution in [2.24, 2.45) is 0 Å². The summed E-state index contributed by atoms with van der Waals surface area (Å²) < 4.78 is 27.1. The number of rotatable bonds is 5. The average molecular weight is 383 g/mol. The summed E-state index contributed by atoms with van der Waals surface area (Å²) in [5.41, 5.74) is 0.950. The van der Waals surface area contributed by atoms with Crippen LogP contribution in [0, 0.1) is 0 Å². The van der Waals surface area contributed by atoms with Crippen molar-refractivity contribution in [3.63, 3.8) is 0 Å². The summed E-state index contributed by atoms with van der Waals surface area (Å²) in [7, 11) is -1.88. The maximum absolute atomic E-state index is 12.4. The third kappa shape index (κ3) is 3.89. The number of nitrogens with zero attached hydrogens (tertiary/aromatic N) is 4. The first-order chi connectivity index (χ1) is 11.9. The van der Waals surface area contributed by atoms with Gasteiger partial charge in [-0.15, -0.1) is 11.3 Å². The third-order valence-electron chi connectivity index (χ3n) is 3.86. The van der Waals surface area contributed by atoms with Crippen LogP contribution in [0.4, 0.5) is 10.8 Å². The number of aromatic carboxylic acids is 1. The zero-order valence-electron chi connectivity index (χ0n) is 13.4. The largest absolute Gasteiger partial charge is 0.476 e. The van der Waals surface area contributed by atoms with Gasteiger partial charge in [0.05, 0.1) is 5.51 Å². The Hall–Kier alpha value is -2.24. The van der Waals surface area contributed by atoms with Crippen LogP contribution in [-0.4, -0.2) is 67.6 Å². The molecule has 2 aromatic rings. The highest BCUT2D eigenvalue weighted by Gasteiger charge is 2.22. The number of pyridine rings is 1. The van der Waals surface area contributed by atoms with E-state index in [0.717, 1.165) is 43.3 Å². The number of piperazine rings is 1. The van der Waals surface area contributed by atoms with Crippen molar-refractivity contribution in [2.45, 2.75) is 4.90 Å². The quantitative estimate of drug-likeness (QED) is 0.778. The first-order valence-electron chi connectivity index (χ1n) is 7.46. The predicted molar refractivity (Wildman–Crippen MR) is 93.8 cm³/mol. The van der Waals surface area contributed by atoms with E-state index in [0.29, 0.717) is 0 Å². The predicted octanol–water partition coefficient (Wildman–Crippen LogP) is 0.789. The number of likely N-dealkylation sites (N-methyl/N-ethyl adjacent to an activating group) is 1. The molecule has 0 atom stereocenters. The van der Waals surface area contributed by atoms with Crippen LogP contribution < -0.4 is 9.62 Å². The number of thiazole rings is 1. The van der Waals surface area contributed by atoms with Crippen LogP contribution >= 0.6 is 11.3 Å². The van der Waals surface area contributed by atoms with Crippen molar-refractivity contribution in [3.05, 3.63) is 29.5 Å². The van der Waals surface area contributed by atoms with Crippen molar-refractivity contribution >= 4 is 38.1 Å². The standard InChI is InChI=1S/C14H17N5O4S2/c1-18-4-6-19(7-5-18)11-3-2-10(8-15-11)25(22,23)17-13-12(14(20)21)16-9-24-13/h2-3,8-9,17H,4-7H2,1H3,(H,20,21). The molecule has 1 saturated heterocycles. The molecular weight excluding hydrogens is 366 g/mol. The summed E-state index contributed by atoms with van der Waals surface area (Å²) in [6.07, 6.45) is 1.28. The second-order valence-electron chi connectivity index (χ2n) is 5.58. The topological polar surface area (TPSA) is 116 Å². The minimum Gasteiger partial charge on any atom is -0.476 e. The Morgan fingerprint density at radius 2 is 1.96 bits per heavy atom. The molecule has 1 aliphatic rings. The highest BCUT2D eigenvalue weighted by Crippen LogP contribution is 2.24. The van der Waals surface area contributed by atoms with Crippen LogP contribution in [0.15, 0.2) is 28.7 Å². The van der Waals surface area contributed by atoms with Gasteiger partial charge in [-0.1, -0.05) is 0 Å². The van der Waals surface area contributed by atoms with E-state index in [1.807, 2.05) is 0 Å². The van der Waals surface area contributed by atoms with E-state index in [2.05, 4.69) is 31.5 Å². The van der Waals surface area contributed by atoms with Gasteiger partial charge < -0.3 is 14.9 Å². The fourth-order valence-corrected chi connectivity index (χ4v) is 4.34. The molecule has 0 spiro atoms. The van der Waals surface area contributed by atoms with E-state index in [1.165, 1.54) is 17.8 Å². The highest BCUT2D eigenvalue weighted by atomic mass is 32.2. The van der Waals surface area contributed by atoms with Crippen LogP contribution in [0.2, 0.25) is 0 Å². The van der Waals surface area contributed by atoms with E-state index in [9.17, 15) is 13.2 Å². The van der Waals surface area contributed by atoms with Crippen molar-refractivity contribution in [1.29, 1.82) is 0 Å². The molecule has 3 rings (SSSR count). The fourth-order valence-electron chi connectivity index (χ4n) is 2.41. The number of carboxylic acid groups (broad SMARTS) is 1. The number of carbonyl (C=O) groups is 1. The molecule has 1 fully saturated rings. The Balaban J connectivity index is 1.76. The van der Waals surface area contributed by atoms with Crippen LogP contribution in [0.1, 0.15) is 10.5 Å². The molecule has 3 heterocycles. The monoisotopic (exact) mass is 383 g/mol. The van der Waals surface area contributed by atoms with E-state index in [1.54, 1.807) is 6.07 Å². The molecule has 134 valence electrons. The molecule has 0 aliphatic carbocycles. The fraction of sp³-hybridized carbons (Fsp3) is 0.357. The lowest BCUT2D eigenvalue weighted by atomic mass is 10.3. The van der Waals surface area contributed by atoms with Crippen LogP contribution in [0.25, 0.3) is 0 Å².